The summed E-state index contributed by atoms with van der Waals surface area (Å²) in [6.45, 7) is 1.22. The van der Waals surface area contributed by atoms with Gasteiger partial charge in [0.15, 0.2) is 5.03 Å². The van der Waals surface area contributed by atoms with E-state index in [-0.39, 0.29) is 11.1 Å². The van der Waals surface area contributed by atoms with E-state index >= 15 is 0 Å². The molecule has 2 heterocycles. The number of aromatic nitrogens is 2. The molecule has 8 heteroatoms. The van der Waals surface area contributed by atoms with Crippen molar-refractivity contribution in [2.75, 3.05) is 25.1 Å². The summed E-state index contributed by atoms with van der Waals surface area (Å²) in [5.41, 5.74) is 0. The number of rotatable bonds is 3. The SMILES string of the molecule is O=S(=O)(c1cnc[nH]1)N1CCOCC1CBr. The molecule has 1 aromatic rings. The summed E-state index contributed by atoms with van der Waals surface area (Å²) in [5, 5.41) is 0.681. The minimum atomic E-state index is -3.47. The molecule has 1 atom stereocenters. The van der Waals surface area contributed by atoms with E-state index in [1.807, 2.05) is 0 Å². The van der Waals surface area contributed by atoms with Gasteiger partial charge >= 0.3 is 0 Å². The number of H-pyrrole nitrogens is 1. The van der Waals surface area contributed by atoms with Gasteiger partial charge in [0.1, 0.15) is 0 Å². The van der Waals surface area contributed by atoms with E-state index in [1.54, 1.807) is 0 Å². The molecule has 0 radical (unpaired) electrons. The van der Waals surface area contributed by atoms with E-state index in [0.717, 1.165) is 0 Å². The molecule has 6 nitrogen and oxygen atoms in total. The lowest BCUT2D eigenvalue weighted by molar-refractivity contribution is 0.0412. The molecule has 16 heavy (non-hydrogen) atoms. The van der Waals surface area contributed by atoms with E-state index in [2.05, 4.69) is 25.9 Å². The molecule has 0 aliphatic carbocycles. The maximum atomic E-state index is 12.2. The van der Waals surface area contributed by atoms with Crippen LogP contribution < -0.4 is 0 Å². The first-order valence-corrected chi connectivity index (χ1v) is 7.36. The highest BCUT2D eigenvalue weighted by molar-refractivity contribution is 9.09. The summed E-state index contributed by atoms with van der Waals surface area (Å²) in [6.07, 6.45) is 2.67. The number of hydrogen-bond donors (Lipinski definition) is 1. The zero-order chi connectivity index (χ0) is 11.6. The fourth-order valence-electron chi connectivity index (χ4n) is 1.59. The summed E-state index contributed by atoms with van der Waals surface area (Å²) >= 11 is 3.30. The van der Waals surface area contributed by atoms with E-state index < -0.39 is 10.0 Å². The Hall–Kier alpha value is -0.440. The molecule has 0 amide bonds. The zero-order valence-electron chi connectivity index (χ0n) is 8.47. The largest absolute Gasteiger partial charge is 0.378 e. The second-order valence-corrected chi connectivity index (χ2v) is 5.92. The van der Waals surface area contributed by atoms with E-state index in [9.17, 15) is 8.42 Å². The van der Waals surface area contributed by atoms with Crippen LogP contribution in [0.4, 0.5) is 0 Å². The first-order valence-electron chi connectivity index (χ1n) is 4.80. The third kappa shape index (κ3) is 2.15. The van der Waals surface area contributed by atoms with Crippen LogP contribution in [-0.2, 0) is 14.8 Å². The predicted octanol–water partition coefficient (Wildman–Crippen LogP) is 0.194. The third-order valence-electron chi connectivity index (χ3n) is 2.41. The molecule has 0 bridgehead atoms. The lowest BCUT2D eigenvalue weighted by atomic mass is 10.3. The molecule has 1 aromatic heterocycles. The van der Waals surface area contributed by atoms with Crippen LogP contribution in [0.1, 0.15) is 0 Å². The van der Waals surface area contributed by atoms with Crippen LogP contribution in [0.15, 0.2) is 17.6 Å². The number of ether oxygens (including phenoxy) is 1. The Morgan fingerprint density at radius 2 is 2.50 bits per heavy atom. The normalized spacial score (nSPS) is 23.4. The lowest BCUT2D eigenvalue weighted by Gasteiger charge is -2.32. The van der Waals surface area contributed by atoms with Crippen LogP contribution in [0.3, 0.4) is 0 Å². The van der Waals surface area contributed by atoms with Gasteiger partial charge in [-0.1, -0.05) is 15.9 Å². The molecular weight excluding hydrogens is 298 g/mol. The Morgan fingerprint density at radius 1 is 1.69 bits per heavy atom. The van der Waals surface area contributed by atoms with Gasteiger partial charge in [-0.05, 0) is 0 Å². The number of alkyl halides is 1. The van der Waals surface area contributed by atoms with Crippen molar-refractivity contribution in [1.29, 1.82) is 0 Å². The molecule has 1 aliphatic rings. The van der Waals surface area contributed by atoms with Crippen molar-refractivity contribution >= 4 is 26.0 Å². The molecule has 1 unspecified atom stereocenters. The van der Waals surface area contributed by atoms with E-state index in [4.69, 9.17) is 4.74 Å². The number of sulfonamides is 1. The van der Waals surface area contributed by atoms with Gasteiger partial charge in [0.05, 0.1) is 31.8 Å². The van der Waals surface area contributed by atoms with Crippen molar-refractivity contribution in [3.8, 4) is 0 Å². The second kappa shape index (κ2) is 4.82. The molecule has 2 rings (SSSR count). The Kier molecular flexibility index (Phi) is 3.63. The highest BCUT2D eigenvalue weighted by Crippen LogP contribution is 2.19. The average molecular weight is 310 g/mol. The molecule has 90 valence electrons. The third-order valence-corrected chi connectivity index (χ3v) is 5.04. The molecule has 1 fully saturated rings. The number of hydrogen-bond acceptors (Lipinski definition) is 4. The van der Waals surface area contributed by atoms with Gasteiger partial charge in [-0.3, -0.25) is 0 Å². The molecular formula is C8H12BrN3O3S. The van der Waals surface area contributed by atoms with E-state index in [1.165, 1.54) is 16.8 Å². The average Bonchev–Trinajstić information content (AvgIpc) is 2.83. The molecule has 1 N–H and O–H groups in total. The highest BCUT2D eigenvalue weighted by atomic mass is 79.9. The molecule has 0 spiro atoms. The minimum Gasteiger partial charge on any atom is -0.378 e. The van der Waals surface area contributed by atoms with Gasteiger partial charge in [0, 0.05) is 11.9 Å². The highest BCUT2D eigenvalue weighted by Gasteiger charge is 2.34. The maximum absolute atomic E-state index is 12.2. The van der Waals surface area contributed by atoms with Crippen LogP contribution in [0.25, 0.3) is 0 Å². The summed E-state index contributed by atoms with van der Waals surface area (Å²) in [7, 11) is -3.47. The van der Waals surface area contributed by atoms with Crippen molar-refractivity contribution < 1.29 is 13.2 Å². The number of nitrogens with one attached hydrogen (secondary N) is 1. The predicted molar refractivity (Wildman–Crippen MR) is 60.9 cm³/mol. The van der Waals surface area contributed by atoms with Gasteiger partial charge in [-0.25, -0.2) is 13.4 Å². The van der Waals surface area contributed by atoms with Crippen LogP contribution in [0.2, 0.25) is 0 Å². The summed E-state index contributed by atoms with van der Waals surface area (Å²) < 4.78 is 31.1. The Morgan fingerprint density at radius 3 is 3.12 bits per heavy atom. The van der Waals surface area contributed by atoms with E-state index in [0.29, 0.717) is 25.1 Å². The topological polar surface area (TPSA) is 75.3 Å². The molecule has 1 saturated heterocycles. The number of nitrogens with zero attached hydrogens (tertiary/aromatic N) is 2. The summed E-state index contributed by atoms with van der Waals surface area (Å²) in [4.78, 5) is 6.35. The fraction of sp³-hybridized carbons (Fsp3) is 0.625. The van der Waals surface area contributed by atoms with Crippen molar-refractivity contribution in [3.63, 3.8) is 0 Å². The first kappa shape index (κ1) is 12.0. The first-order chi connectivity index (χ1) is 7.66. The zero-order valence-corrected chi connectivity index (χ0v) is 10.9. The van der Waals surface area contributed by atoms with Gasteiger partial charge < -0.3 is 9.72 Å². The number of morpholine rings is 1. The van der Waals surface area contributed by atoms with Crippen LogP contribution in [0, 0.1) is 0 Å². The van der Waals surface area contributed by atoms with Crippen molar-refractivity contribution in [2.24, 2.45) is 0 Å². The van der Waals surface area contributed by atoms with Crippen molar-refractivity contribution in [3.05, 3.63) is 12.5 Å². The minimum absolute atomic E-state index is 0.125. The lowest BCUT2D eigenvalue weighted by Crippen LogP contribution is -2.49. The Bertz CT molecular complexity index is 433. The summed E-state index contributed by atoms with van der Waals surface area (Å²) in [5.74, 6) is 0. The van der Waals surface area contributed by atoms with Crippen LogP contribution in [0.5, 0.6) is 0 Å². The molecule has 0 aromatic carbocycles. The number of imidazole rings is 1. The Labute approximate surface area is 102 Å². The van der Waals surface area contributed by atoms with Crippen LogP contribution in [-0.4, -0.2) is 53.8 Å². The van der Waals surface area contributed by atoms with Gasteiger partial charge in [0.25, 0.3) is 10.0 Å². The monoisotopic (exact) mass is 309 g/mol. The Balaban J connectivity index is 2.28. The number of halogens is 1. The second-order valence-electron chi connectivity index (χ2n) is 3.41. The molecule has 0 saturated carbocycles. The van der Waals surface area contributed by atoms with Gasteiger partial charge in [0.2, 0.25) is 0 Å². The van der Waals surface area contributed by atoms with Crippen molar-refractivity contribution in [2.45, 2.75) is 11.1 Å². The van der Waals surface area contributed by atoms with Crippen molar-refractivity contribution in [1.82, 2.24) is 14.3 Å². The quantitative estimate of drug-likeness (QED) is 0.809. The van der Waals surface area contributed by atoms with Gasteiger partial charge in [-0.2, -0.15) is 4.31 Å². The maximum Gasteiger partial charge on any atom is 0.260 e. The number of aromatic amines is 1. The standard InChI is InChI=1S/C8H12BrN3O3S/c9-3-7-5-15-2-1-12(7)16(13,14)8-4-10-6-11-8/h4,6-7H,1-3,5H2,(H,10,11). The van der Waals surface area contributed by atoms with Gasteiger partial charge in [-0.15, -0.1) is 0 Å². The summed E-state index contributed by atoms with van der Waals surface area (Å²) in [6, 6.07) is -0.165. The smallest absolute Gasteiger partial charge is 0.260 e. The van der Waals surface area contributed by atoms with Crippen LogP contribution >= 0.6 is 15.9 Å². The molecule has 1 aliphatic heterocycles. The fourth-order valence-corrected chi connectivity index (χ4v) is 3.81.